The highest BCUT2D eigenvalue weighted by molar-refractivity contribution is 7.16. The summed E-state index contributed by atoms with van der Waals surface area (Å²) >= 11 is 3.01. The Morgan fingerprint density at radius 1 is 1.10 bits per heavy atom. The molecule has 0 unspecified atom stereocenters. The first kappa shape index (κ1) is 30.2. The maximum atomic E-state index is 14.8. The molecule has 7 nitrogen and oxygen atoms in total. The van der Waals surface area contributed by atoms with Crippen LogP contribution < -0.4 is 10.1 Å². The molecule has 0 bridgehead atoms. The van der Waals surface area contributed by atoms with Gasteiger partial charge in [0.2, 0.25) is 0 Å². The van der Waals surface area contributed by atoms with E-state index in [2.05, 4.69) is 24.1 Å². The second-order valence-corrected chi connectivity index (χ2v) is 10.6. The van der Waals surface area contributed by atoms with Crippen LogP contribution >= 0.6 is 22.7 Å². The lowest BCUT2D eigenvalue weighted by atomic mass is 10.0. The molecule has 0 saturated carbocycles. The lowest BCUT2D eigenvalue weighted by Crippen LogP contribution is -2.07. The SMILES string of the molecule is CC.COCCOc1ccc(-c2nc(Nc3ncc(-c4cccs4)cc3C(=O)OC)sc2CC(C)C)cc1F. The van der Waals surface area contributed by atoms with Crippen molar-refractivity contribution in [3.8, 4) is 27.4 Å². The summed E-state index contributed by atoms with van der Waals surface area (Å²) in [6.45, 7) is 8.86. The molecule has 0 radical (unpaired) electrons. The summed E-state index contributed by atoms with van der Waals surface area (Å²) in [5, 5.41) is 5.71. The monoisotopic (exact) mass is 571 g/mol. The molecule has 3 heterocycles. The standard InChI is InChI=1S/C27H28FN3O4S2.C2H6/c1-16(2)12-23-24(17-7-8-21(20(28)14-17)35-10-9-33-3)30-27(37-23)31-25-19(26(32)34-4)13-18(15-29-25)22-6-5-11-36-22;1-2/h5-8,11,13-16H,9-10,12H2,1-4H3,(H,29,30,31);1-2H3. The number of hydrogen-bond acceptors (Lipinski definition) is 9. The molecule has 0 atom stereocenters. The van der Waals surface area contributed by atoms with Crippen molar-refractivity contribution >= 4 is 39.6 Å². The van der Waals surface area contributed by atoms with E-state index in [1.165, 1.54) is 24.5 Å². The highest BCUT2D eigenvalue weighted by Crippen LogP contribution is 2.36. The first-order valence-corrected chi connectivity index (χ1v) is 14.4. The first-order chi connectivity index (χ1) is 18.9. The van der Waals surface area contributed by atoms with Gasteiger partial charge in [-0.3, -0.25) is 0 Å². The number of nitrogens with one attached hydrogen (secondary N) is 1. The van der Waals surface area contributed by atoms with Crippen molar-refractivity contribution in [3.63, 3.8) is 0 Å². The van der Waals surface area contributed by atoms with E-state index in [-0.39, 0.29) is 12.4 Å². The van der Waals surface area contributed by atoms with Gasteiger partial charge in [-0.25, -0.2) is 19.2 Å². The van der Waals surface area contributed by atoms with E-state index in [4.69, 9.17) is 19.2 Å². The minimum absolute atomic E-state index is 0.164. The molecular formula is C29H34FN3O4S2. The molecule has 3 aromatic heterocycles. The number of benzene rings is 1. The highest BCUT2D eigenvalue weighted by atomic mass is 32.1. The van der Waals surface area contributed by atoms with E-state index < -0.39 is 11.8 Å². The predicted molar refractivity (Wildman–Crippen MR) is 157 cm³/mol. The summed E-state index contributed by atoms with van der Waals surface area (Å²) in [4.78, 5) is 23.8. The van der Waals surface area contributed by atoms with Crippen LogP contribution in [0, 0.1) is 11.7 Å². The number of halogens is 1. The zero-order valence-corrected chi connectivity index (χ0v) is 24.7. The number of aromatic nitrogens is 2. The number of esters is 1. The maximum absolute atomic E-state index is 14.8. The average Bonchev–Trinajstić information content (AvgIpc) is 3.61. The molecule has 0 amide bonds. The molecule has 1 aromatic carbocycles. The van der Waals surface area contributed by atoms with E-state index in [9.17, 15) is 9.18 Å². The minimum atomic E-state index is -0.501. The number of pyridine rings is 1. The van der Waals surface area contributed by atoms with Crippen molar-refractivity contribution in [2.45, 2.75) is 34.1 Å². The molecule has 39 heavy (non-hydrogen) atoms. The van der Waals surface area contributed by atoms with E-state index in [1.54, 1.807) is 42.8 Å². The Hall–Kier alpha value is -3.34. The quantitative estimate of drug-likeness (QED) is 0.145. The molecular weight excluding hydrogens is 537 g/mol. The molecule has 0 saturated heterocycles. The lowest BCUT2D eigenvalue weighted by molar-refractivity contribution is 0.0601. The lowest BCUT2D eigenvalue weighted by Gasteiger charge is -2.09. The molecule has 0 aliphatic heterocycles. The molecule has 4 rings (SSSR count). The van der Waals surface area contributed by atoms with Gasteiger partial charge in [0, 0.05) is 34.2 Å². The van der Waals surface area contributed by atoms with Crippen LogP contribution in [-0.4, -0.2) is 43.4 Å². The Balaban J connectivity index is 0.00000205. The van der Waals surface area contributed by atoms with Gasteiger partial charge in [0.1, 0.15) is 18.0 Å². The highest BCUT2D eigenvalue weighted by Gasteiger charge is 2.20. The number of ether oxygens (including phenoxy) is 3. The van der Waals surface area contributed by atoms with Crippen LogP contribution in [0.25, 0.3) is 21.7 Å². The van der Waals surface area contributed by atoms with Crippen molar-refractivity contribution < 1.29 is 23.4 Å². The van der Waals surface area contributed by atoms with Crippen molar-refractivity contribution in [2.75, 3.05) is 32.8 Å². The van der Waals surface area contributed by atoms with Gasteiger partial charge in [0.15, 0.2) is 16.7 Å². The Morgan fingerprint density at radius 3 is 2.54 bits per heavy atom. The fourth-order valence-electron chi connectivity index (χ4n) is 3.65. The number of hydrogen-bond donors (Lipinski definition) is 1. The molecule has 0 aliphatic carbocycles. The third-order valence-electron chi connectivity index (χ3n) is 5.37. The Bertz CT molecular complexity index is 1360. The van der Waals surface area contributed by atoms with Crippen molar-refractivity contribution in [1.82, 2.24) is 9.97 Å². The molecule has 10 heteroatoms. The smallest absolute Gasteiger partial charge is 0.341 e. The van der Waals surface area contributed by atoms with Gasteiger partial charge in [-0.1, -0.05) is 33.8 Å². The van der Waals surface area contributed by atoms with Gasteiger partial charge in [-0.15, -0.1) is 22.7 Å². The number of methoxy groups -OCH3 is 2. The zero-order chi connectivity index (χ0) is 28.4. The largest absolute Gasteiger partial charge is 0.488 e. The third kappa shape index (κ3) is 7.84. The van der Waals surface area contributed by atoms with Crippen LogP contribution in [0.5, 0.6) is 5.75 Å². The topological polar surface area (TPSA) is 82.6 Å². The number of nitrogens with zero attached hydrogens (tertiary/aromatic N) is 2. The molecule has 4 aromatic rings. The normalized spacial score (nSPS) is 10.7. The zero-order valence-electron chi connectivity index (χ0n) is 23.0. The summed E-state index contributed by atoms with van der Waals surface area (Å²) in [7, 11) is 2.90. The van der Waals surface area contributed by atoms with Gasteiger partial charge < -0.3 is 19.5 Å². The van der Waals surface area contributed by atoms with Gasteiger partial charge in [-0.05, 0) is 48.1 Å². The average molecular weight is 572 g/mol. The first-order valence-electron chi connectivity index (χ1n) is 12.7. The fourth-order valence-corrected chi connectivity index (χ4v) is 5.55. The molecule has 0 fully saturated rings. The van der Waals surface area contributed by atoms with Gasteiger partial charge in [-0.2, -0.15) is 0 Å². The molecule has 1 N–H and O–H groups in total. The van der Waals surface area contributed by atoms with Gasteiger partial charge in [0.25, 0.3) is 0 Å². The number of rotatable bonds is 11. The Kier molecular flexibility index (Phi) is 11.4. The predicted octanol–water partition coefficient (Wildman–Crippen LogP) is 7.85. The summed E-state index contributed by atoms with van der Waals surface area (Å²) in [6, 6.07) is 10.5. The third-order valence-corrected chi connectivity index (χ3v) is 7.28. The van der Waals surface area contributed by atoms with Gasteiger partial charge in [0.05, 0.1) is 19.4 Å². The summed E-state index contributed by atoms with van der Waals surface area (Å²) in [5.41, 5.74) is 2.45. The van der Waals surface area contributed by atoms with Crippen LogP contribution in [0.4, 0.5) is 15.3 Å². The second kappa shape index (κ2) is 14.7. The van der Waals surface area contributed by atoms with E-state index in [0.717, 1.165) is 21.7 Å². The summed E-state index contributed by atoms with van der Waals surface area (Å²) in [6.07, 6.45) is 2.47. The molecule has 208 valence electrons. The van der Waals surface area contributed by atoms with E-state index in [0.29, 0.717) is 40.3 Å². The van der Waals surface area contributed by atoms with Gasteiger partial charge >= 0.3 is 5.97 Å². The van der Waals surface area contributed by atoms with Crippen molar-refractivity contribution in [1.29, 1.82) is 0 Å². The second-order valence-electron chi connectivity index (χ2n) is 8.59. The minimum Gasteiger partial charge on any atom is -0.488 e. The number of thiazole rings is 1. The van der Waals surface area contributed by atoms with Crippen LogP contribution in [0.1, 0.15) is 42.9 Å². The van der Waals surface area contributed by atoms with Crippen LogP contribution in [-0.2, 0) is 15.9 Å². The van der Waals surface area contributed by atoms with Crippen LogP contribution in [0.15, 0.2) is 48.0 Å². The van der Waals surface area contributed by atoms with Crippen LogP contribution in [0.2, 0.25) is 0 Å². The summed E-state index contributed by atoms with van der Waals surface area (Å²) in [5.74, 6) is -0.0966. The molecule has 0 spiro atoms. The van der Waals surface area contributed by atoms with E-state index in [1.807, 2.05) is 31.4 Å². The number of carbonyl (C=O) groups excluding carboxylic acids is 1. The van der Waals surface area contributed by atoms with E-state index >= 15 is 0 Å². The fraction of sp³-hybridized carbons (Fsp3) is 0.345. The number of carbonyl (C=O) groups is 1. The summed E-state index contributed by atoms with van der Waals surface area (Å²) < 4.78 is 30.2. The number of thiophene rings is 1. The van der Waals surface area contributed by atoms with Crippen LogP contribution in [0.3, 0.4) is 0 Å². The Labute approximate surface area is 237 Å². The Morgan fingerprint density at radius 2 is 1.90 bits per heavy atom. The maximum Gasteiger partial charge on any atom is 0.341 e. The van der Waals surface area contributed by atoms with Crippen molar-refractivity contribution in [2.24, 2.45) is 5.92 Å². The van der Waals surface area contributed by atoms with Crippen molar-refractivity contribution in [3.05, 3.63) is 64.2 Å². The molecule has 0 aliphatic rings. The number of anilines is 2.